The van der Waals surface area contributed by atoms with E-state index < -0.39 is 19.9 Å². The molecule has 0 saturated heterocycles. The van der Waals surface area contributed by atoms with Gasteiger partial charge in [-0.3, -0.25) is 0 Å². The van der Waals surface area contributed by atoms with E-state index in [2.05, 4.69) is 0 Å². The highest BCUT2D eigenvalue weighted by Gasteiger charge is 2.21. The van der Waals surface area contributed by atoms with Gasteiger partial charge in [0.1, 0.15) is 9.84 Å². The minimum atomic E-state index is -3.50. The second-order valence-corrected chi connectivity index (χ2v) is 8.52. The molecule has 16 heavy (non-hydrogen) atoms. The molecular formula is C8H20N2O4S2. The molecular weight excluding hydrogens is 252 g/mol. The molecule has 1 unspecified atom stereocenters. The summed E-state index contributed by atoms with van der Waals surface area (Å²) >= 11 is 0. The quantitative estimate of drug-likeness (QED) is 0.633. The van der Waals surface area contributed by atoms with Gasteiger partial charge in [0.25, 0.3) is 0 Å². The average molecular weight is 272 g/mol. The van der Waals surface area contributed by atoms with Crippen molar-refractivity contribution in [1.82, 2.24) is 4.31 Å². The topological polar surface area (TPSA) is 97.5 Å². The second-order valence-electron chi connectivity index (χ2n) is 4.07. The van der Waals surface area contributed by atoms with Crippen molar-refractivity contribution in [3.05, 3.63) is 0 Å². The molecule has 0 spiro atoms. The Balaban J connectivity index is 4.44. The number of sulfone groups is 1. The number of hydrogen-bond acceptors (Lipinski definition) is 5. The molecule has 1 atom stereocenters. The normalized spacial score (nSPS) is 15.3. The molecule has 98 valence electrons. The van der Waals surface area contributed by atoms with E-state index in [1.165, 1.54) is 7.05 Å². The van der Waals surface area contributed by atoms with E-state index in [1.54, 1.807) is 0 Å². The molecule has 0 aromatic heterocycles. The van der Waals surface area contributed by atoms with Crippen LogP contribution in [0.3, 0.4) is 0 Å². The molecule has 0 aromatic carbocycles. The van der Waals surface area contributed by atoms with Crippen molar-refractivity contribution in [1.29, 1.82) is 0 Å². The fraction of sp³-hybridized carbons (Fsp3) is 1.00. The lowest BCUT2D eigenvalue weighted by atomic mass is 10.2. The highest BCUT2D eigenvalue weighted by Crippen LogP contribution is 2.04. The predicted molar refractivity (Wildman–Crippen MR) is 64.3 cm³/mol. The van der Waals surface area contributed by atoms with E-state index in [0.29, 0.717) is 13.1 Å². The van der Waals surface area contributed by atoms with Crippen molar-refractivity contribution in [2.45, 2.75) is 6.92 Å². The molecule has 0 heterocycles. The number of rotatable bonds is 7. The summed E-state index contributed by atoms with van der Waals surface area (Å²) in [4.78, 5) is 0. The summed E-state index contributed by atoms with van der Waals surface area (Å²) in [7, 11) is -5.32. The zero-order valence-corrected chi connectivity index (χ0v) is 11.5. The fourth-order valence-corrected chi connectivity index (χ4v) is 3.89. The lowest BCUT2D eigenvalue weighted by Crippen LogP contribution is -2.36. The molecule has 0 radical (unpaired) electrons. The first-order valence-corrected chi connectivity index (χ1v) is 8.57. The van der Waals surface area contributed by atoms with Gasteiger partial charge in [-0.15, -0.1) is 0 Å². The molecule has 0 aliphatic heterocycles. The Kier molecular flexibility index (Phi) is 5.88. The first-order chi connectivity index (χ1) is 7.08. The first-order valence-electron chi connectivity index (χ1n) is 4.90. The third-order valence-electron chi connectivity index (χ3n) is 2.16. The largest absolute Gasteiger partial charge is 0.330 e. The maximum Gasteiger partial charge on any atom is 0.214 e. The Hall–Kier alpha value is -0.180. The van der Waals surface area contributed by atoms with E-state index in [4.69, 9.17) is 5.73 Å². The maximum atomic E-state index is 11.6. The van der Waals surface area contributed by atoms with E-state index in [0.717, 1.165) is 10.6 Å². The SMILES string of the molecule is CC(CN)CN(C)S(=O)(=O)CCS(C)(=O)=O. The first kappa shape index (κ1) is 15.8. The van der Waals surface area contributed by atoms with E-state index in [9.17, 15) is 16.8 Å². The van der Waals surface area contributed by atoms with E-state index in [-0.39, 0.29) is 17.4 Å². The molecule has 0 rings (SSSR count). The molecule has 0 aromatic rings. The van der Waals surface area contributed by atoms with Crippen molar-refractivity contribution in [3.63, 3.8) is 0 Å². The van der Waals surface area contributed by atoms with Gasteiger partial charge < -0.3 is 5.73 Å². The standard InChI is InChI=1S/C8H20N2O4S2/c1-8(6-9)7-10(2)16(13,14)5-4-15(3,11)12/h8H,4-7,9H2,1-3H3. The van der Waals surface area contributed by atoms with Gasteiger partial charge in [0.15, 0.2) is 0 Å². The van der Waals surface area contributed by atoms with Crippen molar-refractivity contribution in [2.24, 2.45) is 11.7 Å². The van der Waals surface area contributed by atoms with Crippen LogP contribution in [0.15, 0.2) is 0 Å². The van der Waals surface area contributed by atoms with Gasteiger partial charge in [0.05, 0.1) is 11.5 Å². The van der Waals surface area contributed by atoms with Gasteiger partial charge in [0, 0.05) is 19.8 Å². The number of nitrogens with two attached hydrogens (primary N) is 1. The van der Waals surface area contributed by atoms with Gasteiger partial charge in [-0.05, 0) is 12.5 Å². The molecule has 2 N–H and O–H groups in total. The minimum absolute atomic E-state index is 0.0537. The molecule has 6 nitrogen and oxygen atoms in total. The smallest absolute Gasteiger partial charge is 0.214 e. The molecule has 0 saturated carbocycles. The highest BCUT2D eigenvalue weighted by molar-refractivity contribution is 7.93. The molecule has 0 fully saturated rings. The zero-order chi connectivity index (χ0) is 13.0. The van der Waals surface area contributed by atoms with Crippen molar-refractivity contribution < 1.29 is 16.8 Å². The summed E-state index contributed by atoms with van der Waals surface area (Å²) in [6, 6.07) is 0. The molecule has 0 aliphatic carbocycles. The second kappa shape index (κ2) is 5.95. The van der Waals surface area contributed by atoms with E-state index in [1.807, 2.05) is 6.92 Å². The van der Waals surface area contributed by atoms with Gasteiger partial charge in [-0.1, -0.05) is 6.92 Å². The Morgan fingerprint density at radius 2 is 1.69 bits per heavy atom. The Labute approximate surface area is 97.8 Å². The van der Waals surface area contributed by atoms with Crippen molar-refractivity contribution in [3.8, 4) is 0 Å². The Bertz CT molecular complexity index is 402. The Morgan fingerprint density at radius 3 is 2.06 bits per heavy atom. The highest BCUT2D eigenvalue weighted by atomic mass is 32.2. The van der Waals surface area contributed by atoms with Crippen molar-refractivity contribution >= 4 is 19.9 Å². The van der Waals surface area contributed by atoms with Crippen LogP contribution in [0.25, 0.3) is 0 Å². The lowest BCUT2D eigenvalue weighted by molar-refractivity contribution is 0.405. The molecule has 0 aliphatic rings. The van der Waals surface area contributed by atoms with Crippen LogP contribution >= 0.6 is 0 Å². The van der Waals surface area contributed by atoms with Crippen LogP contribution in [0, 0.1) is 5.92 Å². The van der Waals surface area contributed by atoms with E-state index >= 15 is 0 Å². The summed E-state index contributed by atoms with van der Waals surface area (Å²) in [5.41, 5.74) is 5.39. The third-order valence-corrected chi connectivity index (χ3v) is 5.18. The number of sulfonamides is 1. The molecule has 0 amide bonds. The number of hydrogen-bond donors (Lipinski definition) is 1. The molecule has 8 heteroatoms. The summed E-state index contributed by atoms with van der Waals surface area (Å²) < 4.78 is 46.2. The summed E-state index contributed by atoms with van der Waals surface area (Å²) in [6.07, 6.45) is 1.02. The van der Waals surface area contributed by atoms with Crippen LogP contribution in [-0.2, 0) is 19.9 Å². The fourth-order valence-electron chi connectivity index (χ4n) is 1.04. The van der Waals surface area contributed by atoms with Crippen molar-refractivity contribution in [2.75, 3.05) is 37.9 Å². The van der Waals surface area contributed by atoms with Crippen LogP contribution in [-0.4, -0.2) is 59.0 Å². The summed E-state index contributed by atoms with van der Waals surface area (Å²) in [5.74, 6) is -0.672. The van der Waals surface area contributed by atoms with Crippen LogP contribution < -0.4 is 5.73 Å². The van der Waals surface area contributed by atoms with Crippen LogP contribution in [0.2, 0.25) is 0 Å². The van der Waals surface area contributed by atoms with Gasteiger partial charge in [-0.2, -0.15) is 0 Å². The zero-order valence-electron chi connectivity index (χ0n) is 9.88. The lowest BCUT2D eigenvalue weighted by Gasteiger charge is -2.20. The summed E-state index contributed by atoms with van der Waals surface area (Å²) in [6.45, 7) is 2.54. The average Bonchev–Trinajstić information content (AvgIpc) is 2.13. The molecule has 0 bridgehead atoms. The van der Waals surface area contributed by atoms with Crippen LogP contribution in [0.1, 0.15) is 6.92 Å². The van der Waals surface area contributed by atoms with Gasteiger partial charge >= 0.3 is 0 Å². The van der Waals surface area contributed by atoms with Crippen LogP contribution in [0.4, 0.5) is 0 Å². The van der Waals surface area contributed by atoms with Gasteiger partial charge in [-0.25, -0.2) is 21.1 Å². The third kappa shape index (κ3) is 6.41. The minimum Gasteiger partial charge on any atom is -0.330 e. The Morgan fingerprint density at radius 1 is 1.19 bits per heavy atom. The predicted octanol–water partition coefficient (Wildman–Crippen LogP) is -1.11. The summed E-state index contributed by atoms with van der Waals surface area (Å²) in [5, 5.41) is 0. The van der Waals surface area contributed by atoms with Crippen LogP contribution in [0.5, 0.6) is 0 Å². The number of nitrogens with zero attached hydrogens (tertiary/aromatic N) is 1. The monoisotopic (exact) mass is 272 g/mol. The van der Waals surface area contributed by atoms with Gasteiger partial charge in [0.2, 0.25) is 10.0 Å². The maximum absolute atomic E-state index is 11.6.